The second kappa shape index (κ2) is 7.52. The van der Waals surface area contributed by atoms with E-state index in [1.165, 1.54) is 0 Å². The summed E-state index contributed by atoms with van der Waals surface area (Å²) in [6, 6.07) is 19.9. The predicted molar refractivity (Wildman–Crippen MR) is 102 cm³/mol. The molecule has 0 fully saturated rings. The molecule has 0 saturated heterocycles. The highest BCUT2D eigenvalue weighted by atomic mass is 16.6. The summed E-state index contributed by atoms with van der Waals surface area (Å²) in [4.78, 5) is 37.6. The minimum atomic E-state index is -0.565. The largest absolute Gasteiger partial charge is 0.481 e. The molecule has 6 nitrogen and oxygen atoms in total. The Bertz CT molecular complexity index is 1030. The Labute approximate surface area is 161 Å². The SMILES string of the molecule is O=C(COc1cccc2ccccc12)OCCN1C(=O)c2ccccc2C1=O. The minimum Gasteiger partial charge on any atom is -0.481 e. The van der Waals surface area contributed by atoms with Crippen LogP contribution in [0.2, 0.25) is 0 Å². The van der Waals surface area contributed by atoms with Gasteiger partial charge in [-0.05, 0) is 23.6 Å². The molecule has 0 unspecified atom stereocenters. The van der Waals surface area contributed by atoms with Gasteiger partial charge >= 0.3 is 5.97 Å². The van der Waals surface area contributed by atoms with Crippen LogP contribution in [-0.2, 0) is 9.53 Å². The number of esters is 1. The van der Waals surface area contributed by atoms with Crippen molar-refractivity contribution in [1.29, 1.82) is 0 Å². The van der Waals surface area contributed by atoms with Crippen LogP contribution in [0.4, 0.5) is 0 Å². The highest BCUT2D eigenvalue weighted by Crippen LogP contribution is 2.25. The number of carbonyl (C=O) groups excluding carboxylic acids is 3. The van der Waals surface area contributed by atoms with Crippen LogP contribution in [0.3, 0.4) is 0 Å². The molecule has 0 spiro atoms. The topological polar surface area (TPSA) is 72.9 Å². The molecule has 0 saturated carbocycles. The zero-order chi connectivity index (χ0) is 19.5. The van der Waals surface area contributed by atoms with E-state index in [2.05, 4.69) is 0 Å². The van der Waals surface area contributed by atoms with Crippen LogP contribution in [0.1, 0.15) is 20.7 Å². The van der Waals surface area contributed by atoms with E-state index in [0.29, 0.717) is 16.9 Å². The third kappa shape index (κ3) is 3.32. The van der Waals surface area contributed by atoms with Crippen LogP contribution in [0.15, 0.2) is 66.7 Å². The molecule has 0 atom stereocenters. The molecule has 1 aliphatic heterocycles. The lowest BCUT2D eigenvalue weighted by molar-refractivity contribution is -0.146. The average molecular weight is 375 g/mol. The van der Waals surface area contributed by atoms with Gasteiger partial charge in [-0.25, -0.2) is 4.79 Å². The van der Waals surface area contributed by atoms with Crippen LogP contribution in [0.25, 0.3) is 10.8 Å². The predicted octanol–water partition coefficient (Wildman–Crippen LogP) is 3.06. The Morgan fingerprint density at radius 3 is 2.21 bits per heavy atom. The van der Waals surface area contributed by atoms with Gasteiger partial charge in [0.25, 0.3) is 11.8 Å². The van der Waals surface area contributed by atoms with Gasteiger partial charge in [-0.15, -0.1) is 0 Å². The number of hydrogen-bond acceptors (Lipinski definition) is 5. The maximum absolute atomic E-state index is 12.3. The first kappa shape index (κ1) is 17.7. The summed E-state index contributed by atoms with van der Waals surface area (Å²) in [5.41, 5.74) is 0.747. The van der Waals surface area contributed by atoms with Gasteiger partial charge in [0.15, 0.2) is 6.61 Å². The monoisotopic (exact) mass is 375 g/mol. The molecule has 3 aromatic carbocycles. The third-order valence-corrected chi connectivity index (χ3v) is 4.55. The van der Waals surface area contributed by atoms with Crippen molar-refractivity contribution >= 4 is 28.6 Å². The molecule has 140 valence electrons. The molecular weight excluding hydrogens is 358 g/mol. The van der Waals surface area contributed by atoms with E-state index in [1.54, 1.807) is 30.3 Å². The number of amides is 2. The van der Waals surface area contributed by atoms with Crippen LogP contribution < -0.4 is 4.74 Å². The van der Waals surface area contributed by atoms with E-state index in [1.807, 2.05) is 36.4 Å². The number of hydrogen-bond donors (Lipinski definition) is 0. The molecule has 6 heteroatoms. The molecule has 28 heavy (non-hydrogen) atoms. The summed E-state index contributed by atoms with van der Waals surface area (Å²) in [6.07, 6.45) is 0. The van der Waals surface area contributed by atoms with Gasteiger partial charge < -0.3 is 9.47 Å². The fourth-order valence-corrected chi connectivity index (χ4v) is 3.19. The Morgan fingerprint density at radius 1 is 0.821 bits per heavy atom. The third-order valence-electron chi connectivity index (χ3n) is 4.55. The molecule has 3 aromatic rings. The molecule has 0 aromatic heterocycles. The van der Waals surface area contributed by atoms with Crippen molar-refractivity contribution in [2.75, 3.05) is 19.8 Å². The first-order valence-electron chi connectivity index (χ1n) is 8.86. The standard InChI is InChI=1S/C22H17NO5/c24-20(14-28-19-11-5-7-15-6-1-2-8-16(15)19)27-13-12-23-21(25)17-9-3-4-10-18(17)22(23)26/h1-11H,12-14H2. The zero-order valence-corrected chi connectivity index (χ0v) is 15.0. The van der Waals surface area contributed by atoms with Crippen molar-refractivity contribution in [2.24, 2.45) is 0 Å². The summed E-state index contributed by atoms with van der Waals surface area (Å²) in [5, 5.41) is 1.92. The molecule has 4 rings (SSSR count). The maximum atomic E-state index is 12.3. The summed E-state index contributed by atoms with van der Waals surface area (Å²) in [7, 11) is 0. The normalized spacial score (nSPS) is 12.9. The van der Waals surface area contributed by atoms with Crippen molar-refractivity contribution in [2.45, 2.75) is 0 Å². The average Bonchev–Trinajstić information content (AvgIpc) is 2.97. The number of ether oxygens (including phenoxy) is 2. The van der Waals surface area contributed by atoms with E-state index < -0.39 is 5.97 Å². The summed E-state index contributed by atoms with van der Waals surface area (Å²) < 4.78 is 10.7. The zero-order valence-electron chi connectivity index (χ0n) is 15.0. The first-order chi connectivity index (χ1) is 13.6. The second-order valence-electron chi connectivity index (χ2n) is 6.29. The van der Waals surface area contributed by atoms with Crippen molar-refractivity contribution in [1.82, 2.24) is 4.90 Å². The maximum Gasteiger partial charge on any atom is 0.344 e. The second-order valence-corrected chi connectivity index (χ2v) is 6.29. The van der Waals surface area contributed by atoms with Gasteiger partial charge in [0.05, 0.1) is 17.7 Å². The molecular formula is C22H17NO5. The highest BCUT2D eigenvalue weighted by molar-refractivity contribution is 6.21. The minimum absolute atomic E-state index is 0.00630. The van der Waals surface area contributed by atoms with Gasteiger partial charge in [-0.3, -0.25) is 14.5 Å². The number of carbonyl (C=O) groups is 3. The summed E-state index contributed by atoms with van der Waals surface area (Å²) >= 11 is 0. The van der Waals surface area contributed by atoms with E-state index in [0.717, 1.165) is 15.7 Å². The molecule has 2 amide bonds. The molecule has 0 aliphatic carbocycles. The molecule has 1 heterocycles. The van der Waals surface area contributed by atoms with Crippen molar-refractivity contribution in [3.63, 3.8) is 0 Å². The van der Waals surface area contributed by atoms with Crippen molar-refractivity contribution in [3.8, 4) is 5.75 Å². The molecule has 0 bridgehead atoms. The van der Waals surface area contributed by atoms with Gasteiger partial charge in [-0.1, -0.05) is 48.5 Å². The lowest BCUT2D eigenvalue weighted by Gasteiger charge is -2.14. The Morgan fingerprint density at radius 2 is 1.46 bits per heavy atom. The number of fused-ring (bicyclic) bond motifs is 2. The molecule has 0 radical (unpaired) electrons. The van der Waals surface area contributed by atoms with Gasteiger partial charge in [0.2, 0.25) is 0 Å². The van der Waals surface area contributed by atoms with Crippen LogP contribution >= 0.6 is 0 Å². The highest BCUT2D eigenvalue weighted by Gasteiger charge is 2.34. The van der Waals surface area contributed by atoms with Crippen LogP contribution in [-0.4, -0.2) is 42.4 Å². The quantitative estimate of drug-likeness (QED) is 0.489. The fraction of sp³-hybridized carbons (Fsp3) is 0.136. The van der Waals surface area contributed by atoms with E-state index in [9.17, 15) is 14.4 Å². The van der Waals surface area contributed by atoms with Crippen molar-refractivity contribution in [3.05, 3.63) is 77.9 Å². The fourth-order valence-electron chi connectivity index (χ4n) is 3.19. The Kier molecular flexibility index (Phi) is 4.76. The lowest BCUT2D eigenvalue weighted by atomic mass is 10.1. The summed E-state index contributed by atoms with van der Waals surface area (Å²) in [5.74, 6) is -0.716. The van der Waals surface area contributed by atoms with Gasteiger partial charge in [0.1, 0.15) is 12.4 Å². The van der Waals surface area contributed by atoms with Crippen LogP contribution in [0, 0.1) is 0 Å². The van der Waals surface area contributed by atoms with Gasteiger partial charge in [-0.2, -0.15) is 0 Å². The Balaban J connectivity index is 1.30. The Hall–Kier alpha value is -3.67. The van der Waals surface area contributed by atoms with E-state index in [-0.39, 0.29) is 31.6 Å². The smallest absolute Gasteiger partial charge is 0.344 e. The number of nitrogens with zero attached hydrogens (tertiary/aromatic N) is 1. The summed E-state index contributed by atoms with van der Waals surface area (Å²) in [6.45, 7) is -0.328. The van der Waals surface area contributed by atoms with Crippen molar-refractivity contribution < 1.29 is 23.9 Å². The molecule has 0 N–H and O–H groups in total. The number of benzene rings is 3. The van der Waals surface area contributed by atoms with Crippen LogP contribution in [0.5, 0.6) is 5.75 Å². The number of imide groups is 1. The number of rotatable bonds is 6. The van der Waals surface area contributed by atoms with Gasteiger partial charge in [0, 0.05) is 5.39 Å². The lowest BCUT2D eigenvalue weighted by Crippen LogP contribution is -2.33. The van der Waals surface area contributed by atoms with E-state index >= 15 is 0 Å². The molecule has 1 aliphatic rings. The van der Waals surface area contributed by atoms with E-state index in [4.69, 9.17) is 9.47 Å². The first-order valence-corrected chi connectivity index (χ1v) is 8.86.